The fourth-order valence-electron chi connectivity index (χ4n) is 3.57. The van der Waals surface area contributed by atoms with Crippen LogP contribution in [0.15, 0.2) is 52.1 Å². The zero-order valence-corrected chi connectivity index (χ0v) is 15.4. The van der Waals surface area contributed by atoms with Crippen molar-refractivity contribution >= 4 is 5.91 Å². The summed E-state index contributed by atoms with van der Waals surface area (Å²) < 4.78 is 2.93. The zero-order chi connectivity index (χ0) is 19.7. The van der Waals surface area contributed by atoms with Crippen LogP contribution in [0.3, 0.4) is 0 Å². The van der Waals surface area contributed by atoms with Crippen LogP contribution < -0.4 is 11.2 Å². The van der Waals surface area contributed by atoms with E-state index in [1.54, 1.807) is 16.5 Å². The summed E-state index contributed by atoms with van der Waals surface area (Å²) in [7, 11) is 1.63. The Hall–Kier alpha value is -3.49. The molecule has 0 saturated carbocycles. The van der Waals surface area contributed by atoms with Crippen LogP contribution in [-0.4, -0.2) is 48.4 Å². The van der Waals surface area contributed by atoms with E-state index < -0.39 is 0 Å². The zero-order valence-electron chi connectivity index (χ0n) is 15.4. The van der Waals surface area contributed by atoms with Gasteiger partial charge in [0.15, 0.2) is 0 Å². The number of aromatic nitrogens is 5. The van der Waals surface area contributed by atoms with Crippen molar-refractivity contribution in [2.24, 2.45) is 7.05 Å². The highest BCUT2D eigenvalue weighted by Crippen LogP contribution is 2.27. The lowest BCUT2D eigenvalue weighted by molar-refractivity contribution is 0.0696. The average Bonchev–Trinajstić information content (AvgIpc) is 3.03. The fraction of sp³-hybridized carbons (Fsp3) is 0.316. The summed E-state index contributed by atoms with van der Waals surface area (Å²) in [6, 6.07) is 12.1. The first-order valence-electron chi connectivity index (χ1n) is 9.11. The molecule has 144 valence electrons. The van der Waals surface area contributed by atoms with Crippen LogP contribution in [0.5, 0.6) is 0 Å². The lowest BCUT2D eigenvalue weighted by Crippen LogP contribution is -2.40. The summed E-state index contributed by atoms with van der Waals surface area (Å²) in [5, 5.41) is 10.6. The third kappa shape index (κ3) is 3.26. The molecule has 0 spiro atoms. The number of aryl methyl sites for hydroxylation is 1. The molecule has 9 nitrogen and oxygen atoms in total. The van der Waals surface area contributed by atoms with Crippen molar-refractivity contribution in [1.82, 2.24) is 29.4 Å². The van der Waals surface area contributed by atoms with Crippen LogP contribution in [0, 0.1) is 0 Å². The topological polar surface area (TPSA) is 106 Å². The minimum absolute atomic E-state index is 0.0745. The lowest BCUT2D eigenvalue weighted by atomic mass is 9.96. The first kappa shape index (κ1) is 17.9. The Bertz CT molecular complexity index is 1090. The van der Waals surface area contributed by atoms with Crippen molar-refractivity contribution in [3.05, 3.63) is 74.8 Å². The predicted molar refractivity (Wildman–Crippen MR) is 102 cm³/mol. The first-order chi connectivity index (χ1) is 13.5. The normalized spacial score (nSPS) is 16.9. The third-order valence-corrected chi connectivity index (χ3v) is 4.94. The first-order valence-corrected chi connectivity index (χ1v) is 9.11. The van der Waals surface area contributed by atoms with Crippen molar-refractivity contribution in [3.8, 4) is 5.69 Å². The van der Waals surface area contributed by atoms with Gasteiger partial charge in [0.25, 0.3) is 11.5 Å². The minimum atomic E-state index is -0.353. The van der Waals surface area contributed by atoms with Crippen molar-refractivity contribution in [3.63, 3.8) is 0 Å². The van der Waals surface area contributed by atoms with E-state index in [4.69, 9.17) is 0 Å². The number of para-hydroxylation sites is 1. The van der Waals surface area contributed by atoms with Gasteiger partial charge >= 0.3 is 5.69 Å². The van der Waals surface area contributed by atoms with Gasteiger partial charge in [-0.1, -0.05) is 18.2 Å². The number of carbonyl (C=O) groups is 1. The molecule has 9 heteroatoms. The standard InChI is InChI=1S/C19H20N6O3/c1-23-19(28)25(14-7-3-2-4-8-14)17(22-23)13-6-5-11-24(12-13)18(27)15-9-10-16(26)21-20-15/h2-4,7-10,13H,5-6,11-12H2,1H3,(H,21,26)/t13-/m1/s1. The number of hydrogen-bond donors (Lipinski definition) is 1. The number of likely N-dealkylation sites (tertiary alicyclic amines) is 1. The summed E-state index contributed by atoms with van der Waals surface area (Å²) >= 11 is 0. The molecule has 0 unspecified atom stereocenters. The van der Waals surface area contributed by atoms with Gasteiger partial charge in [0.1, 0.15) is 11.5 Å². The number of nitrogens with one attached hydrogen (secondary N) is 1. The van der Waals surface area contributed by atoms with E-state index in [0.29, 0.717) is 18.9 Å². The molecule has 3 aromatic rings. The molecule has 1 atom stereocenters. The summed E-state index contributed by atoms with van der Waals surface area (Å²) in [6.07, 6.45) is 1.62. The molecule has 1 N–H and O–H groups in total. The highest BCUT2D eigenvalue weighted by molar-refractivity contribution is 5.92. The maximum Gasteiger partial charge on any atom is 0.350 e. The molecule has 1 aromatic carbocycles. The second-order valence-electron chi connectivity index (χ2n) is 6.83. The molecule has 28 heavy (non-hydrogen) atoms. The Kier molecular flexibility index (Phi) is 4.64. The van der Waals surface area contributed by atoms with Gasteiger partial charge in [0, 0.05) is 32.1 Å². The Morgan fingerprint density at radius 3 is 2.64 bits per heavy atom. The fourth-order valence-corrected chi connectivity index (χ4v) is 3.57. The number of amides is 1. The van der Waals surface area contributed by atoms with Crippen LogP contribution in [0.2, 0.25) is 0 Å². The smallest absolute Gasteiger partial charge is 0.337 e. The largest absolute Gasteiger partial charge is 0.350 e. The molecule has 1 aliphatic heterocycles. The Morgan fingerprint density at radius 1 is 1.14 bits per heavy atom. The predicted octanol–water partition coefficient (Wildman–Crippen LogP) is 0.674. The molecule has 0 radical (unpaired) electrons. The van der Waals surface area contributed by atoms with E-state index in [-0.39, 0.29) is 28.8 Å². The van der Waals surface area contributed by atoms with E-state index in [0.717, 1.165) is 18.5 Å². The minimum Gasteiger partial charge on any atom is -0.337 e. The number of hydrogen-bond acceptors (Lipinski definition) is 5. The van der Waals surface area contributed by atoms with Crippen LogP contribution in [0.25, 0.3) is 5.69 Å². The Balaban J connectivity index is 1.65. The monoisotopic (exact) mass is 380 g/mol. The van der Waals surface area contributed by atoms with Crippen molar-refractivity contribution < 1.29 is 4.79 Å². The molecule has 1 fully saturated rings. The number of piperidine rings is 1. The van der Waals surface area contributed by atoms with Gasteiger partial charge in [0.05, 0.1) is 5.69 Å². The maximum absolute atomic E-state index is 12.8. The van der Waals surface area contributed by atoms with Gasteiger partial charge in [-0.3, -0.25) is 9.59 Å². The number of rotatable bonds is 3. The van der Waals surface area contributed by atoms with E-state index in [2.05, 4.69) is 15.3 Å². The van der Waals surface area contributed by atoms with Crippen molar-refractivity contribution in [2.75, 3.05) is 13.1 Å². The number of carbonyl (C=O) groups excluding carboxylic acids is 1. The second-order valence-corrected chi connectivity index (χ2v) is 6.83. The quantitative estimate of drug-likeness (QED) is 0.719. The molecule has 3 heterocycles. The number of nitrogens with zero attached hydrogens (tertiary/aromatic N) is 5. The summed E-state index contributed by atoms with van der Waals surface area (Å²) in [4.78, 5) is 38.3. The van der Waals surface area contributed by atoms with Gasteiger partial charge < -0.3 is 4.90 Å². The molecular formula is C19H20N6O3. The van der Waals surface area contributed by atoms with Crippen LogP contribution in [0.1, 0.15) is 35.1 Å². The summed E-state index contributed by atoms with van der Waals surface area (Å²) in [5.41, 5.74) is 0.378. The SMILES string of the molecule is Cn1nc([C@@H]2CCCN(C(=O)c3ccc(=O)[nH]n3)C2)n(-c2ccccc2)c1=O. The highest BCUT2D eigenvalue weighted by Gasteiger charge is 2.30. The van der Waals surface area contributed by atoms with Crippen LogP contribution in [-0.2, 0) is 7.05 Å². The highest BCUT2D eigenvalue weighted by atomic mass is 16.2. The van der Waals surface area contributed by atoms with Gasteiger partial charge in [-0.15, -0.1) is 0 Å². The van der Waals surface area contributed by atoms with Crippen LogP contribution >= 0.6 is 0 Å². The summed E-state index contributed by atoms with van der Waals surface area (Å²) in [6.45, 7) is 1.03. The Labute approximate surface area is 160 Å². The third-order valence-electron chi connectivity index (χ3n) is 4.94. The summed E-state index contributed by atoms with van der Waals surface area (Å²) in [5.74, 6) is 0.325. The van der Waals surface area contributed by atoms with Crippen LogP contribution in [0.4, 0.5) is 0 Å². The van der Waals surface area contributed by atoms with Crippen molar-refractivity contribution in [2.45, 2.75) is 18.8 Å². The van der Waals surface area contributed by atoms with Gasteiger partial charge in [-0.05, 0) is 31.0 Å². The van der Waals surface area contributed by atoms with Crippen molar-refractivity contribution in [1.29, 1.82) is 0 Å². The second kappa shape index (κ2) is 7.26. The van der Waals surface area contributed by atoms with Gasteiger partial charge in [-0.2, -0.15) is 10.2 Å². The van der Waals surface area contributed by atoms with E-state index >= 15 is 0 Å². The van der Waals surface area contributed by atoms with Gasteiger partial charge in [0.2, 0.25) is 0 Å². The molecular weight excluding hydrogens is 360 g/mol. The molecule has 4 rings (SSSR count). The van der Waals surface area contributed by atoms with E-state index in [1.807, 2.05) is 30.3 Å². The van der Waals surface area contributed by atoms with E-state index in [1.165, 1.54) is 16.8 Å². The molecule has 0 bridgehead atoms. The molecule has 1 amide bonds. The molecule has 1 aliphatic rings. The van der Waals surface area contributed by atoms with Gasteiger partial charge in [-0.25, -0.2) is 19.1 Å². The molecule has 0 aliphatic carbocycles. The number of H-pyrrole nitrogens is 1. The van der Waals surface area contributed by atoms with E-state index in [9.17, 15) is 14.4 Å². The molecule has 1 saturated heterocycles. The Morgan fingerprint density at radius 2 is 1.93 bits per heavy atom. The number of benzene rings is 1. The molecule has 2 aromatic heterocycles. The number of aromatic amines is 1. The average molecular weight is 380 g/mol. The maximum atomic E-state index is 12.8. The lowest BCUT2D eigenvalue weighted by Gasteiger charge is -2.32.